The number of hydrogen-bond acceptors (Lipinski definition) is 6. The van der Waals surface area contributed by atoms with Gasteiger partial charge in [0.2, 0.25) is 5.88 Å². The fourth-order valence-corrected chi connectivity index (χ4v) is 6.20. The van der Waals surface area contributed by atoms with Crippen LogP contribution in [0.25, 0.3) is 0 Å². The number of amides is 1. The molecule has 39 heavy (non-hydrogen) atoms. The quantitative estimate of drug-likeness (QED) is 0.503. The average molecular weight is 547 g/mol. The third-order valence-corrected chi connectivity index (χ3v) is 8.49. The zero-order valence-corrected chi connectivity index (χ0v) is 22.8. The van der Waals surface area contributed by atoms with E-state index in [0.29, 0.717) is 49.8 Å². The molecule has 1 N–H and O–H groups in total. The summed E-state index contributed by atoms with van der Waals surface area (Å²) < 4.78 is 42.4. The molecule has 214 valence electrons. The highest BCUT2D eigenvalue weighted by Crippen LogP contribution is 2.36. The minimum absolute atomic E-state index is 0.00507. The highest BCUT2D eigenvalue weighted by atomic mass is 19.3. The van der Waals surface area contributed by atoms with Crippen molar-refractivity contribution in [2.75, 3.05) is 26.3 Å². The topological polar surface area (TPSA) is 89.7 Å². The number of alkyl halides is 2. The Morgan fingerprint density at radius 2 is 1.92 bits per heavy atom. The normalized spacial score (nSPS) is 23.4. The van der Waals surface area contributed by atoms with Crippen LogP contribution in [-0.4, -0.2) is 75.1 Å². The van der Waals surface area contributed by atoms with E-state index in [-0.39, 0.29) is 49.9 Å². The van der Waals surface area contributed by atoms with Gasteiger partial charge in [-0.1, -0.05) is 6.07 Å². The van der Waals surface area contributed by atoms with Gasteiger partial charge in [-0.3, -0.25) is 9.48 Å². The summed E-state index contributed by atoms with van der Waals surface area (Å²) in [7, 11) is 0. The van der Waals surface area contributed by atoms with Gasteiger partial charge in [0.25, 0.3) is 11.8 Å². The summed E-state index contributed by atoms with van der Waals surface area (Å²) >= 11 is 0. The van der Waals surface area contributed by atoms with Crippen LogP contribution in [0.4, 0.5) is 8.78 Å². The molecule has 8 nitrogen and oxygen atoms in total. The number of nitrogens with zero attached hydrogens (tertiary/aromatic N) is 4. The zero-order chi connectivity index (χ0) is 27.4. The van der Waals surface area contributed by atoms with Gasteiger partial charge in [0, 0.05) is 55.5 Å². The van der Waals surface area contributed by atoms with Gasteiger partial charge in [-0.25, -0.2) is 13.8 Å². The van der Waals surface area contributed by atoms with Crippen molar-refractivity contribution in [2.45, 2.75) is 95.8 Å². The molecule has 0 radical (unpaired) electrons. The fraction of sp³-hybridized carbons (Fsp3) is 0.690. The molecule has 0 aromatic carbocycles. The van der Waals surface area contributed by atoms with Gasteiger partial charge in [0.1, 0.15) is 6.10 Å². The Bertz CT molecular complexity index is 1120. The summed E-state index contributed by atoms with van der Waals surface area (Å²) in [6.45, 7) is 3.88. The van der Waals surface area contributed by atoms with E-state index >= 15 is 0 Å². The van der Waals surface area contributed by atoms with Crippen molar-refractivity contribution in [3.05, 3.63) is 40.8 Å². The van der Waals surface area contributed by atoms with E-state index < -0.39 is 12.3 Å². The zero-order valence-electron chi connectivity index (χ0n) is 22.8. The van der Waals surface area contributed by atoms with E-state index in [4.69, 9.17) is 14.6 Å². The SMILES string of the molecule is Cc1cccnc1O[C@H]1CC[C@@H](CCn2nc(C(=O)N3CCC(OCCO)CC3)c3c2CCC(F)(F)C3)CC1. The molecule has 0 bridgehead atoms. The van der Waals surface area contributed by atoms with Gasteiger partial charge < -0.3 is 19.5 Å². The van der Waals surface area contributed by atoms with Crippen molar-refractivity contribution in [3.8, 4) is 5.88 Å². The van der Waals surface area contributed by atoms with Crippen LogP contribution in [-0.2, 0) is 24.1 Å². The molecule has 1 saturated carbocycles. The van der Waals surface area contributed by atoms with Crippen molar-refractivity contribution in [2.24, 2.45) is 5.92 Å². The lowest BCUT2D eigenvalue weighted by molar-refractivity contribution is -0.0133. The van der Waals surface area contributed by atoms with Crippen LogP contribution in [0.2, 0.25) is 0 Å². The first kappa shape index (κ1) is 28.0. The van der Waals surface area contributed by atoms with Crippen molar-refractivity contribution in [1.29, 1.82) is 0 Å². The lowest BCUT2D eigenvalue weighted by Gasteiger charge is -2.32. The minimum atomic E-state index is -2.81. The maximum atomic E-state index is 14.4. The number of pyridine rings is 1. The number of halogens is 2. The van der Waals surface area contributed by atoms with Gasteiger partial charge in [-0.2, -0.15) is 5.10 Å². The number of aliphatic hydroxyl groups excluding tert-OH is 1. The molecule has 1 saturated heterocycles. The van der Waals surface area contributed by atoms with E-state index in [0.717, 1.165) is 43.4 Å². The Balaban J connectivity index is 1.20. The maximum Gasteiger partial charge on any atom is 0.274 e. The van der Waals surface area contributed by atoms with Gasteiger partial charge in [0.05, 0.1) is 19.3 Å². The van der Waals surface area contributed by atoms with E-state index in [1.165, 1.54) is 0 Å². The van der Waals surface area contributed by atoms with Crippen LogP contribution in [0.1, 0.15) is 78.7 Å². The number of hydrogen-bond donors (Lipinski definition) is 1. The number of ether oxygens (including phenoxy) is 2. The first-order valence-electron chi connectivity index (χ1n) is 14.4. The second-order valence-corrected chi connectivity index (χ2v) is 11.3. The summed E-state index contributed by atoms with van der Waals surface area (Å²) in [6.07, 6.45) is 7.77. The van der Waals surface area contributed by atoms with Crippen molar-refractivity contribution >= 4 is 5.91 Å². The molecule has 0 atom stereocenters. The average Bonchev–Trinajstić information content (AvgIpc) is 3.29. The van der Waals surface area contributed by atoms with E-state index in [9.17, 15) is 13.6 Å². The number of rotatable bonds is 9. The molecule has 1 amide bonds. The largest absolute Gasteiger partial charge is 0.474 e. The lowest BCUT2D eigenvalue weighted by Crippen LogP contribution is -2.41. The predicted molar refractivity (Wildman–Crippen MR) is 141 cm³/mol. The minimum Gasteiger partial charge on any atom is -0.474 e. The van der Waals surface area contributed by atoms with Crippen LogP contribution in [0.5, 0.6) is 5.88 Å². The third-order valence-electron chi connectivity index (χ3n) is 8.49. The molecular formula is C29H40F2N4O4. The molecule has 2 aliphatic carbocycles. The van der Waals surface area contributed by atoms with Crippen molar-refractivity contribution in [3.63, 3.8) is 0 Å². The van der Waals surface area contributed by atoms with Crippen LogP contribution in [0.15, 0.2) is 18.3 Å². The molecule has 3 heterocycles. The second-order valence-electron chi connectivity index (χ2n) is 11.3. The molecule has 1 aliphatic heterocycles. The van der Waals surface area contributed by atoms with Gasteiger partial charge in [-0.05, 0) is 70.3 Å². The Morgan fingerprint density at radius 3 is 2.64 bits per heavy atom. The maximum absolute atomic E-state index is 14.4. The number of aryl methyl sites for hydroxylation is 2. The van der Waals surface area contributed by atoms with Crippen LogP contribution in [0.3, 0.4) is 0 Å². The van der Waals surface area contributed by atoms with Gasteiger partial charge in [-0.15, -0.1) is 0 Å². The number of carbonyl (C=O) groups excluding carboxylic acids is 1. The third kappa shape index (κ3) is 6.77. The Hall–Kier alpha value is -2.59. The summed E-state index contributed by atoms with van der Waals surface area (Å²) in [4.78, 5) is 19.5. The summed E-state index contributed by atoms with van der Waals surface area (Å²) in [5, 5.41) is 13.6. The van der Waals surface area contributed by atoms with E-state index in [1.807, 2.05) is 23.7 Å². The van der Waals surface area contributed by atoms with E-state index in [2.05, 4.69) is 10.1 Å². The van der Waals surface area contributed by atoms with Crippen LogP contribution in [0, 0.1) is 12.8 Å². The number of aromatic nitrogens is 3. The van der Waals surface area contributed by atoms with Crippen LogP contribution >= 0.6 is 0 Å². The van der Waals surface area contributed by atoms with Crippen molar-refractivity contribution < 1.29 is 28.2 Å². The fourth-order valence-electron chi connectivity index (χ4n) is 6.20. The smallest absolute Gasteiger partial charge is 0.274 e. The summed E-state index contributed by atoms with van der Waals surface area (Å²) in [5.41, 5.74) is 2.46. The number of fused-ring (bicyclic) bond motifs is 1. The summed E-state index contributed by atoms with van der Waals surface area (Å²) in [5.74, 6) is -1.85. The standard InChI is InChI=1S/C29H40F2N4O4/c1-20-3-2-13-32-27(20)39-23-6-4-21(5-7-23)9-16-35-25-8-12-29(30,31)19-24(25)26(33-35)28(37)34-14-10-22(11-15-34)38-18-17-36/h2-3,13,21-23,36H,4-12,14-19H2,1H3/t21-,23+. The second kappa shape index (κ2) is 12.3. The molecule has 0 unspecified atom stereocenters. The molecule has 10 heteroatoms. The predicted octanol–water partition coefficient (Wildman–Crippen LogP) is 4.35. The number of likely N-dealkylation sites (tertiary alicyclic amines) is 1. The first-order valence-corrected chi connectivity index (χ1v) is 14.4. The van der Waals surface area contributed by atoms with Gasteiger partial charge >= 0.3 is 0 Å². The molecule has 5 rings (SSSR count). The molecule has 2 aromatic rings. The van der Waals surface area contributed by atoms with Crippen molar-refractivity contribution in [1.82, 2.24) is 19.7 Å². The van der Waals surface area contributed by atoms with Crippen LogP contribution < -0.4 is 4.74 Å². The molecule has 3 aliphatic rings. The molecule has 0 spiro atoms. The molecular weight excluding hydrogens is 506 g/mol. The highest BCUT2D eigenvalue weighted by Gasteiger charge is 2.40. The Morgan fingerprint density at radius 1 is 1.15 bits per heavy atom. The molecule has 2 fully saturated rings. The number of aliphatic hydroxyl groups is 1. The molecule has 2 aromatic heterocycles. The Labute approximate surface area is 228 Å². The monoisotopic (exact) mass is 546 g/mol. The van der Waals surface area contributed by atoms with Gasteiger partial charge in [0.15, 0.2) is 5.69 Å². The number of piperidine rings is 1. The lowest BCUT2D eigenvalue weighted by atomic mass is 9.85. The summed E-state index contributed by atoms with van der Waals surface area (Å²) in [6, 6.07) is 3.91. The first-order chi connectivity index (χ1) is 18.8. The van der Waals surface area contributed by atoms with E-state index in [1.54, 1.807) is 11.1 Å². The Kier molecular flexibility index (Phi) is 8.81. The number of carbonyl (C=O) groups is 1. The highest BCUT2D eigenvalue weighted by molar-refractivity contribution is 5.94.